The molecule has 5 nitrogen and oxygen atoms in total. The van der Waals surface area contributed by atoms with E-state index in [1.807, 2.05) is 30.1 Å². The second kappa shape index (κ2) is 5.21. The summed E-state index contributed by atoms with van der Waals surface area (Å²) >= 11 is 3.38. The smallest absolute Gasteiger partial charge is 0.308 e. The number of carboxylic acids is 1. The van der Waals surface area contributed by atoms with Gasteiger partial charge in [-0.25, -0.2) is 0 Å². The summed E-state index contributed by atoms with van der Waals surface area (Å²) in [6, 6.07) is 5.67. The Balaban J connectivity index is 2.39. The minimum Gasteiger partial charge on any atom is -0.481 e. The second-order valence-corrected chi connectivity index (χ2v) is 5.65. The van der Waals surface area contributed by atoms with Gasteiger partial charge in [0.2, 0.25) is 5.91 Å². The van der Waals surface area contributed by atoms with E-state index in [4.69, 9.17) is 5.11 Å². The van der Waals surface area contributed by atoms with E-state index >= 15 is 0 Å². The highest BCUT2D eigenvalue weighted by Gasteiger charge is 2.29. The third-order valence-electron chi connectivity index (χ3n) is 3.19. The maximum Gasteiger partial charge on any atom is 0.308 e. The highest BCUT2D eigenvalue weighted by atomic mass is 79.9. The predicted octanol–water partition coefficient (Wildman–Crippen LogP) is 1.95. The van der Waals surface area contributed by atoms with Crippen LogP contribution < -0.4 is 9.80 Å². The first-order valence-electron chi connectivity index (χ1n) is 5.94. The molecule has 0 radical (unpaired) electrons. The van der Waals surface area contributed by atoms with E-state index in [1.54, 1.807) is 11.8 Å². The molecule has 1 aromatic rings. The number of halogens is 1. The summed E-state index contributed by atoms with van der Waals surface area (Å²) in [5.41, 5.74) is 1.68. The number of aliphatic carboxylic acids is 1. The zero-order valence-electron chi connectivity index (χ0n) is 10.8. The average Bonchev–Trinajstić information content (AvgIpc) is 2.33. The summed E-state index contributed by atoms with van der Waals surface area (Å²) in [4.78, 5) is 26.5. The Morgan fingerprint density at radius 2 is 2.16 bits per heavy atom. The summed E-state index contributed by atoms with van der Waals surface area (Å²) in [5.74, 6) is -1.58. The van der Waals surface area contributed by atoms with Crippen LogP contribution in [0.4, 0.5) is 11.4 Å². The third-order valence-corrected chi connectivity index (χ3v) is 3.68. The van der Waals surface area contributed by atoms with Crippen LogP contribution in [0.2, 0.25) is 0 Å². The van der Waals surface area contributed by atoms with Crippen molar-refractivity contribution in [1.82, 2.24) is 0 Å². The highest BCUT2D eigenvalue weighted by molar-refractivity contribution is 9.10. The fraction of sp³-hybridized carbons (Fsp3) is 0.385. The van der Waals surface area contributed by atoms with Crippen molar-refractivity contribution in [2.75, 3.05) is 29.9 Å². The first-order chi connectivity index (χ1) is 8.90. The molecule has 0 spiro atoms. The Labute approximate surface area is 119 Å². The topological polar surface area (TPSA) is 60.9 Å². The standard InChI is InChI=1S/C13H15BrN2O3/c1-8(13(18)19)6-16-11-5-9(14)3-4-10(11)15(2)7-12(16)17/h3-5,8H,6-7H2,1-2H3,(H,18,19). The van der Waals surface area contributed by atoms with Crippen LogP contribution in [0.5, 0.6) is 0 Å². The van der Waals surface area contributed by atoms with Crippen molar-refractivity contribution in [3.63, 3.8) is 0 Å². The molecule has 1 aliphatic rings. The van der Waals surface area contributed by atoms with Crippen molar-refractivity contribution in [2.24, 2.45) is 5.92 Å². The molecule has 0 bridgehead atoms. The number of hydrogen-bond donors (Lipinski definition) is 1. The lowest BCUT2D eigenvalue weighted by Gasteiger charge is -2.36. The van der Waals surface area contributed by atoms with Crippen LogP contribution in [0.25, 0.3) is 0 Å². The summed E-state index contributed by atoms with van der Waals surface area (Å²) in [6.07, 6.45) is 0. The molecule has 0 aromatic heterocycles. The maximum absolute atomic E-state index is 12.1. The number of amides is 1. The summed E-state index contributed by atoms with van der Waals surface area (Å²) < 4.78 is 0.863. The number of fused-ring (bicyclic) bond motifs is 1. The Bertz CT molecular complexity index is 533. The van der Waals surface area contributed by atoms with Crippen LogP contribution in [-0.4, -0.2) is 37.1 Å². The molecule has 0 saturated heterocycles. The van der Waals surface area contributed by atoms with Gasteiger partial charge in [-0.1, -0.05) is 22.9 Å². The molecule has 2 rings (SSSR count). The van der Waals surface area contributed by atoms with Crippen LogP contribution in [0.1, 0.15) is 6.92 Å². The van der Waals surface area contributed by atoms with Gasteiger partial charge in [0.1, 0.15) is 0 Å². The molecular formula is C13H15BrN2O3. The number of likely N-dealkylation sites (N-methyl/N-ethyl adjacent to an activating group) is 1. The molecule has 0 aliphatic carbocycles. The molecule has 0 saturated carbocycles. The van der Waals surface area contributed by atoms with Gasteiger partial charge in [-0.05, 0) is 18.2 Å². The van der Waals surface area contributed by atoms with E-state index < -0.39 is 11.9 Å². The number of hydrogen-bond acceptors (Lipinski definition) is 3. The van der Waals surface area contributed by atoms with Gasteiger partial charge >= 0.3 is 5.97 Å². The molecular weight excluding hydrogens is 312 g/mol. The largest absolute Gasteiger partial charge is 0.481 e. The minimum absolute atomic E-state index is 0.0822. The third kappa shape index (κ3) is 2.73. The second-order valence-electron chi connectivity index (χ2n) is 4.73. The first kappa shape index (κ1) is 13.9. The lowest BCUT2D eigenvalue weighted by Crippen LogP contribution is -2.46. The van der Waals surface area contributed by atoms with Gasteiger partial charge in [0.25, 0.3) is 0 Å². The molecule has 1 atom stereocenters. The number of nitrogens with zero attached hydrogens (tertiary/aromatic N) is 2. The number of carbonyl (C=O) groups is 2. The lowest BCUT2D eigenvalue weighted by atomic mass is 10.1. The van der Waals surface area contributed by atoms with Crippen LogP contribution in [0.15, 0.2) is 22.7 Å². The average molecular weight is 327 g/mol. The molecule has 1 N–H and O–H groups in total. The van der Waals surface area contributed by atoms with Crippen molar-refractivity contribution < 1.29 is 14.7 Å². The van der Waals surface area contributed by atoms with E-state index in [0.29, 0.717) is 0 Å². The summed E-state index contributed by atoms with van der Waals surface area (Å²) in [5, 5.41) is 9.00. The van der Waals surface area contributed by atoms with Crippen molar-refractivity contribution in [1.29, 1.82) is 0 Å². The maximum atomic E-state index is 12.1. The molecule has 0 fully saturated rings. The molecule has 1 unspecified atom stereocenters. The molecule has 1 aliphatic heterocycles. The van der Waals surface area contributed by atoms with Gasteiger partial charge in [0, 0.05) is 18.1 Å². The van der Waals surface area contributed by atoms with E-state index in [9.17, 15) is 9.59 Å². The van der Waals surface area contributed by atoms with Crippen LogP contribution in [0, 0.1) is 5.92 Å². The normalized spacial score (nSPS) is 16.3. The monoisotopic (exact) mass is 326 g/mol. The van der Waals surface area contributed by atoms with Crippen LogP contribution in [-0.2, 0) is 9.59 Å². The quantitative estimate of drug-likeness (QED) is 0.922. The molecule has 1 aromatic carbocycles. The van der Waals surface area contributed by atoms with Crippen molar-refractivity contribution >= 4 is 39.2 Å². The summed E-state index contributed by atoms with van der Waals surface area (Å²) in [7, 11) is 1.85. The molecule has 102 valence electrons. The van der Waals surface area contributed by atoms with Gasteiger partial charge in [0.15, 0.2) is 0 Å². The van der Waals surface area contributed by atoms with Crippen molar-refractivity contribution in [2.45, 2.75) is 6.92 Å². The van der Waals surface area contributed by atoms with Crippen molar-refractivity contribution in [3.8, 4) is 0 Å². The zero-order chi connectivity index (χ0) is 14.2. The molecule has 1 heterocycles. The van der Waals surface area contributed by atoms with Gasteiger partial charge in [-0.15, -0.1) is 0 Å². The Morgan fingerprint density at radius 3 is 2.79 bits per heavy atom. The van der Waals surface area contributed by atoms with E-state index in [1.165, 1.54) is 0 Å². The Kier molecular flexibility index (Phi) is 3.80. The van der Waals surface area contributed by atoms with Crippen molar-refractivity contribution in [3.05, 3.63) is 22.7 Å². The molecule has 6 heteroatoms. The SMILES string of the molecule is CC(CN1C(=O)CN(C)c2ccc(Br)cc21)C(=O)O. The Morgan fingerprint density at radius 1 is 1.47 bits per heavy atom. The van der Waals surface area contributed by atoms with Crippen LogP contribution >= 0.6 is 15.9 Å². The van der Waals surface area contributed by atoms with E-state index in [0.717, 1.165) is 15.8 Å². The fourth-order valence-electron chi connectivity index (χ4n) is 2.10. The van der Waals surface area contributed by atoms with Crippen LogP contribution in [0.3, 0.4) is 0 Å². The lowest BCUT2D eigenvalue weighted by molar-refractivity contribution is -0.140. The van der Waals surface area contributed by atoms with Gasteiger partial charge in [0.05, 0.1) is 23.8 Å². The van der Waals surface area contributed by atoms with Gasteiger partial charge < -0.3 is 14.9 Å². The van der Waals surface area contributed by atoms with Gasteiger partial charge in [-0.3, -0.25) is 9.59 Å². The van der Waals surface area contributed by atoms with E-state index in [2.05, 4.69) is 15.9 Å². The highest BCUT2D eigenvalue weighted by Crippen LogP contribution is 2.35. The number of anilines is 2. The van der Waals surface area contributed by atoms with E-state index in [-0.39, 0.29) is 19.0 Å². The number of carbonyl (C=O) groups excluding carboxylic acids is 1. The molecule has 19 heavy (non-hydrogen) atoms. The Hall–Kier alpha value is -1.56. The molecule has 1 amide bonds. The first-order valence-corrected chi connectivity index (χ1v) is 6.73. The number of rotatable bonds is 3. The zero-order valence-corrected chi connectivity index (χ0v) is 12.3. The number of benzene rings is 1. The minimum atomic E-state index is -0.900. The van der Waals surface area contributed by atoms with Gasteiger partial charge in [-0.2, -0.15) is 0 Å². The fourth-order valence-corrected chi connectivity index (χ4v) is 2.44. The number of carboxylic acid groups (broad SMARTS) is 1. The summed E-state index contributed by atoms with van der Waals surface area (Å²) in [6.45, 7) is 2.05. The predicted molar refractivity (Wildman–Crippen MR) is 76.6 cm³/mol.